The molecule has 2 heterocycles. The molecule has 0 unspecified atom stereocenters. The minimum absolute atomic E-state index is 0.203. The predicted octanol–water partition coefficient (Wildman–Crippen LogP) is 2.25. The van der Waals surface area contributed by atoms with Gasteiger partial charge < -0.3 is 10.1 Å². The van der Waals surface area contributed by atoms with Gasteiger partial charge in [0, 0.05) is 18.2 Å². The summed E-state index contributed by atoms with van der Waals surface area (Å²) in [5.41, 5.74) is 3.59. The number of benzene rings is 2. The van der Waals surface area contributed by atoms with E-state index in [-0.39, 0.29) is 5.91 Å². The van der Waals surface area contributed by atoms with Gasteiger partial charge in [0.1, 0.15) is 12.1 Å². The molecule has 124 valence electrons. The van der Waals surface area contributed by atoms with Gasteiger partial charge in [-0.05, 0) is 58.0 Å². The van der Waals surface area contributed by atoms with Crippen molar-refractivity contribution < 1.29 is 9.53 Å². The number of hydrogen-bond acceptors (Lipinski definition) is 5. The summed E-state index contributed by atoms with van der Waals surface area (Å²) in [6.45, 7) is 0.723. The van der Waals surface area contributed by atoms with Gasteiger partial charge in [-0.1, -0.05) is 12.1 Å². The Morgan fingerprint density at radius 2 is 2.20 bits per heavy atom. The second kappa shape index (κ2) is 6.56. The molecule has 25 heavy (non-hydrogen) atoms. The van der Waals surface area contributed by atoms with Crippen LogP contribution in [0.3, 0.4) is 0 Å². The maximum atomic E-state index is 12.1. The lowest BCUT2D eigenvalue weighted by atomic mass is 10.1. The summed E-state index contributed by atoms with van der Waals surface area (Å²) < 4.78 is 7.01. The normalized spacial score (nSPS) is 12.8. The van der Waals surface area contributed by atoms with Crippen LogP contribution in [0.4, 0.5) is 5.69 Å². The molecule has 4 rings (SSSR count). The van der Waals surface area contributed by atoms with E-state index in [0.717, 1.165) is 30.0 Å². The fraction of sp³-hybridized carbons (Fsp3) is 0.111. The van der Waals surface area contributed by atoms with Gasteiger partial charge in [-0.25, -0.2) is 4.68 Å². The Labute approximate surface area is 143 Å². The Morgan fingerprint density at radius 3 is 3.08 bits per heavy atom. The third-order valence-electron chi connectivity index (χ3n) is 3.87. The van der Waals surface area contributed by atoms with Crippen LogP contribution in [0.25, 0.3) is 11.8 Å². The van der Waals surface area contributed by atoms with Crippen LogP contribution in [0.1, 0.15) is 11.1 Å². The van der Waals surface area contributed by atoms with E-state index in [1.165, 1.54) is 22.6 Å². The van der Waals surface area contributed by atoms with Crippen LogP contribution in [0.15, 0.2) is 54.9 Å². The molecule has 0 radical (unpaired) electrons. The van der Waals surface area contributed by atoms with Crippen LogP contribution in [0.2, 0.25) is 0 Å². The van der Waals surface area contributed by atoms with Crippen molar-refractivity contribution in [3.63, 3.8) is 0 Å². The molecule has 0 atom stereocenters. The zero-order chi connectivity index (χ0) is 17.1. The summed E-state index contributed by atoms with van der Waals surface area (Å²) >= 11 is 0. The number of aromatic nitrogens is 4. The van der Waals surface area contributed by atoms with E-state index in [9.17, 15) is 4.79 Å². The number of fused-ring (bicyclic) bond motifs is 1. The van der Waals surface area contributed by atoms with Gasteiger partial charge in [0.2, 0.25) is 5.91 Å². The Hall–Kier alpha value is -3.48. The number of hydrogen-bond donors (Lipinski definition) is 1. The van der Waals surface area contributed by atoms with Crippen molar-refractivity contribution in [2.45, 2.75) is 6.42 Å². The molecule has 2 aromatic carbocycles. The highest BCUT2D eigenvalue weighted by Gasteiger charge is 2.11. The number of carbonyl (C=O) groups excluding carboxylic acids is 1. The lowest BCUT2D eigenvalue weighted by Gasteiger charge is -2.05. The highest BCUT2D eigenvalue weighted by atomic mass is 16.5. The summed E-state index contributed by atoms with van der Waals surface area (Å²) in [6, 6.07) is 13.2. The molecule has 0 fully saturated rings. The van der Waals surface area contributed by atoms with Gasteiger partial charge in [0.05, 0.1) is 12.3 Å². The quantitative estimate of drug-likeness (QED) is 0.741. The van der Waals surface area contributed by atoms with Gasteiger partial charge in [-0.3, -0.25) is 4.79 Å². The van der Waals surface area contributed by atoms with E-state index >= 15 is 0 Å². The summed E-state index contributed by atoms with van der Waals surface area (Å²) in [5, 5.41) is 13.9. The van der Waals surface area contributed by atoms with Crippen LogP contribution < -0.4 is 10.1 Å². The molecule has 1 aliphatic rings. The van der Waals surface area contributed by atoms with E-state index in [2.05, 4.69) is 20.8 Å². The third kappa shape index (κ3) is 3.40. The number of nitrogens with one attached hydrogen (secondary N) is 1. The van der Waals surface area contributed by atoms with Crippen LogP contribution >= 0.6 is 0 Å². The number of anilines is 1. The first-order valence-corrected chi connectivity index (χ1v) is 7.86. The molecule has 1 aliphatic heterocycles. The van der Waals surface area contributed by atoms with Gasteiger partial charge in [-0.2, -0.15) is 0 Å². The molecule has 0 spiro atoms. The Kier molecular flexibility index (Phi) is 3.96. The molecule has 1 N–H and O–H groups in total. The van der Waals surface area contributed by atoms with Crippen molar-refractivity contribution in [3.8, 4) is 11.4 Å². The van der Waals surface area contributed by atoms with Crippen molar-refractivity contribution in [1.82, 2.24) is 20.2 Å². The van der Waals surface area contributed by atoms with Gasteiger partial charge in [0.15, 0.2) is 0 Å². The zero-order valence-electron chi connectivity index (χ0n) is 13.3. The topological polar surface area (TPSA) is 81.9 Å². The molecular weight excluding hydrogens is 318 g/mol. The number of amides is 1. The molecule has 1 amide bonds. The number of tetrazole rings is 1. The molecule has 0 saturated carbocycles. The minimum Gasteiger partial charge on any atom is -0.493 e. The standard InChI is InChI=1S/C18H15N5O2/c24-18(7-5-13-4-6-17-14(10-13)8-9-25-17)20-15-2-1-3-16(11-15)23-12-19-21-22-23/h1-7,10-12H,8-9H2,(H,20,24)/b7-5+. The third-order valence-corrected chi connectivity index (χ3v) is 3.87. The van der Waals surface area contributed by atoms with Crippen molar-refractivity contribution in [2.24, 2.45) is 0 Å². The monoisotopic (exact) mass is 333 g/mol. The van der Waals surface area contributed by atoms with Gasteiger partial charge in [0.25, 0.3) is 0 Å². The molecule has 0 bridgehead atoms. The first-order valence-electron chi connectivity index (χ1n) is 7.86. The molecular formula is C18H15N5O2. The number of ether oxygens (including phenoxy) is 1. The maximum absolute atomic E-state index is 12.1. The van der Waals surface area contributed by atoms with E-state index in [1.54, 1.807) is 12.1 Å². The number of rotatable bonds is 4. The van der Waals surface area contributed by atoms with E-state index in [0.29, 0.717) is 5.69 Å². The molecule has 7 nitrogen and oxygen atoms in total. The Morgan fingerprint density at radius 1 is 1.24 bits per heavy atom. The molecule has 3 aromatic rings. The van der Waals surface area contributed by atoms with E-state index < -0.39 is 0 Å². The van der Waals surface area contributed by atoms with Crippen molar-refractivity contribution >= 4 is 17.7 Å². The Balaban J connectivity index is 1.44. The lowest BCUT2D eigenvalue weighted by molar-refractivity contribution is -0.111. The first-order chi connectivity index (χ1) is 12.3. The zero-order valence-corrected chi connectivity index (χ0v) is 13.3. The van der Waals surface area contributed by atoms with Crippen molar-refractivity contribution in [3.05, 3.63) is 66.0 Å². The SMILES string of the molecule is O=C(/C=C/c1ccc2c(c1)CCO2)Nc1cccc(-n2cnnn2)c1. The lowest BCUT2D eigenvalue weighted by Crippen LogP contribution is -2.08. The van der Waals surface area contributed by atoms with Crippen LogP contribution in [0, 0.1) is 0 Å². The highest BCUT2D eigenvalue weighted by molar-refractivity contribution is 6.02. The van der Waals surface area contributed by atoms with Crippen LogP contribution in [-0.2, 0) is 11.2 Å². The second-order valence-corrected chi connectivity index (χ2v) is 5.59. The highest BCUT2D eigenvalue weighted by Crippen LogP contribution is 2.26. The molecule has 0 saturated heterocycles. The average Bonchev–Trinajstić information content (AvgIpc) is 3.31. The van der Waals surface area contributed by atoms with Crippen LogP contribution in [-0.4, -0.2) is 32.7 Å². The summed E-state index contributed by atoms with van der Waals surface area (Å²) in [4.78, 5) is 12.1. The van der Waals surface area contributed by atoms with Crippen molar-refractivity contribution in [2.75, 3.05) is 11.9 Å². The number of carbonyl (C=O) groups is 1. The predicted molar refractivity (Wildman–Crippen MR) is 92.5 cm³/mol. The van der Waals surface area contributed by atoms with Crippen molar-refractivity contribution in [1.29, 1.82) is 0 Å². The smallest absolute Gasteiger partial charge is 0.248 e. The molecule has 0 aliphatic carbocycles. The Bertz CT molecular complexity index is 934. The fourth-order valence-corrected chi connectivity index (χ4v) is 2.67. The summed E-state index contributed by atoms with van der Waals surface area (Å²) in [7, 11) is 0. The maximum Gasteiger partial charge on any atom is 0.248 e. The van der Waals surface area contributed by atoms with E-state index in [4.69, 9.17) is 4.74 Å². The first kappa shape index (κ1) is 15.1. The summed E-state index contributed by atoms with van der Waals surface area (Å²) in [6.07, 6.45) is 5.71. The largest absolute Gasteiger partial charge is 0.493 e. The fourth-order valence-electron chi connectivity index (χ4n) is 2.67. The van der Waals surface area contributed by atoms with Gasteiger partial charge >= 0.3 is 0 Å². The summed E-state index contributed by atoms with van der Waals surface area (Å²) in [5.74, 6) is 0.728. The van der Waals surface area contributed by atoms with E-state index in [1.807, 2.05) is 36.4 Å². The molecule has 1 aromatic heterocycles. The molecule has 7 heteroatoms. The van der Waals surface area contributed by atoms with Gasteiger partial charge in [-0.15, -0.1) is 5.10 Å². The second-order valence-electron chi connectivity index (χ2n) is 5.59. The minimum atomic E-state index is -0.203. The van der Waals surface area contributed by atoms with Crippen LogP contribution in [0.5, 0.6) is 5.75 Å². The average molecular weight is 333 g/mol. The number of nitrogens with zero attached hydrogens (tertiary/aromatic N) is 4.